The lowest BCUT2D eigenvalue weighted by Crippen LogP contribution is -1.98. The Kier molecular flexibility index (Phi) is 4.53. The van der Waals surface area contributed by atoms with Crippen LogP contribution in [-0.4, -0.2) is 4.57 Å². The predicted octanol–water partition coefficient (Wildman–Crippen LogP) is 6.62. The Morgan fingerprint density at radius 3 is 1.88 bits per heavy atom. The molecule has 4 rings (SSSR count). The van der Waals surface area contributed by atoms with E-state index in [1.165, 1.54) is 33.8 Å². The molecule has 0 saturated heterocycles. The minimum absolute atomic E-state index is 1.18. The zero-order valence-electron chi connectivity index (χ0n) is 14.8. The van der Waals surface area contributed by atoms with Crippen LogP contribution in [-0.2, 0) is 0 Å². The smallest absolute Gasteiger partial charge is 0.0465 e. The van der Waals surface area contributed by atoms with Gasteiger partial charge in [-0.2, -0.15) is 0 Å². The molecule has 1 heterocycles. The maximum Gasteiger partial charge on any atom is 0.0465 e. The number of benzene rings is 3. The lowest BCUT2D eigenvalue weighted by atomic mass is 10.1. The molecule has 0 saturated carbocycles. The first-order chi connectivity index (χ1) is 12.8. The summed E-state index contributed by atoms with van der Waals surface area (Å²) in [5, 5.41) is 0. The molecule has 0 bridgehead atoms. The second-order valence-corrected chi connectivity index (χ2v) is 6.35. The lowest BCUT2D eigenvalue weighted by Gasteiger charge is -2.10. The number of aromatic nitrogens is 1. The van der Waals surface area contributed by atoms with E-state index in [1.807, 2.05) is 6.07 Å². The molecule has 0 atom stereocenters. The van der Waals surface area contributed by atoms with Crippen LogP contribution in [0.4, 0.5) is 0 Å². The average molecular weight is 335 g/mol. The standard InChI is InChI=1S/C25H21N/c1-20-25(22-13-7-3-8-14-22)19-24(18-17-21-11-5-2-6-12-21)26(20)23-15-9-4-10-16-23/h2-19H,1H3/b18-17+. The van der Waals surface area contributed by atoms with Crippen LogP contribution < -0.4 is 0 Å². The first-order valence-corrected chi connectivity index (χ1v) is 8.89. The van der Waals surface area contributed by atoms with Crippen molar-refractivity contribution in [3.63, 3.8) is 0 Å². The van der Waals surface area contributed by atoms with E-state index in [4.69, 9.17) is 0 Å². The lowest BCUT2D eigenvalue weighted by molar-refractivity contribution is 1.00. The molecule has 0 aliphatic carbocycles. The van der Waals surface area contributed by atoms with Crippen LogP contribution in [0.5, 0.6) is 0 Å². The van der Waals surface area contributed by atoms with Gasteiger partial charge in [0.25, 0.3) is 0 Å². The third-order valence-electron chi connectivity index (χ3n) is 4.62. The van der Waals surface area contributed by atoms with Crippen molar-refractivity contribution in [1.29, 1.82) is 0 Å². The molecule has 0 amide bonds. The van der Waals surface area contributed by atoms with Gasteiger partial charge in [0.15, 0.2) is 0 Å². The number of hydrogen-bond acceptors (Lipinski definition) is 0. The fraction of sp³-hybridized carbons (Fsp3) is 0.0400. The normalized spacial score (nSPS) is 11.1. The van der Waals surface area contributed by atoms with Gasteiger partial charge in [-0.15, -0.1) is 0 Å². The molecule has 0 aliphatic heterocycles. The minimum atomic E-state index is 1.18. The molecule has 1 aromatic heterocycles. The summed E-state index contributed by atoms with van der Waals surface area (Å²) in [4.78, 5) is 0. The van der Waals surface area contributed by atoms with Crippen molar-refractivity contribution in [2.24, 2.45) is 0 Å². The Morgan fingerprint density at radius 2 is 1.23 bits per heavy atom. The Bertz CT molecular complexity index is 1010. The maximum absolute atomic E-state index is 2.32. The van der Waals surface area contributed by atoms with E-state index in [-0.39, 0.29) is 0 Å². The number of hydrogen-bond donors (Lipinski definition) is 0. The number of para-hydroxylation sites is 1. The van der Waals surface area contributed by atoms with Crippen molar-refractivity contribution in [2.75, 3.05) is 0 Å². The largest absolute Gasteiger partial charge is 0.314 e. The molecular formula is C25H21N. The van der Waals surface area contributed by atoms with E-state index in [2.05, 4.69) is 115 Å². The highest BCUT2D eigenvalue weighted by atomic mass is 15.0. The van der Waals surface area contributed by atoms with E-state index < -0.39 is 0 Å². The Morgan fingerprint density at radius 1 is 0.654 bits per heavy atom. The third kappa shape index (κ3) is 3.25. The van der Waals surface area contributed by atoms with Crippen molar-refractivity contribution in [1.82, 2.24) is 4.57 Å². The zero-order valence-corrected chi connectivity index (χ0v) is 14.8. The van der Waals surface area contributed by atoms with Crippen molar-refractivity contribution in [3.8, 4) is 16.8 Å². The molecule has 0 unspecified atom stereocenters. The number of nitrogens with zero attached hydrogens (tertiary/aromatic N) is 1. The highest BCUT2D eigenvalue weighted by Gasteiger charge is 2.12. The highest BCUT2D eigenvalue weighted by Crippen LogP contribution is 2.30. The van der Waals surface area contributed by atoms with E-state index in [9.17, 15) is 0 Å². The molecular weight excluding hydrogens is 314 g/mol. The maximum atomic E-state index is 2.32. The summed E-state index contributed by atoms with van der Waals surface area (Å²) in [5.74, 6) is 0. The molecule has 0 fully saturated rings. The molecule has 0 spiro atoms. The summed E-state index contributed by atoms with van der Waals surface area (Å²) < 4.78 is 2.32. The molecule has 1 nitrogen and oxygen atoms in total. The van der Waals surface area contributed by atoms with Gasteiger partial charge < -0.3 is 4.57 Å². The van der Waals surface area contributed by atoms with Gasteiger partial charge in [-0.25, -0.2) is 0 Å². The molecule has 4 aromatic rings. The Hall–Kier alpha value is -3.32. The second-order valence-electron chi connectivity index (χ2n) is 6.35. The van der Waals surface area contributed by atoms with Crippen molar-refractivity contribution in [2.45, 2.75) is 6.92 Å². The van der Waals surface area contributed by atoms with Gasteiger partial charge in [0, 0.05) is 22.6 Å². The van der Waals surface area contributed by atoms with Gasteiger partial charge in [0.05, 0.1) is 0 Å². The van der Waals surface area contributed by atoms with Gasteiger partial charge in [0.2, 0.25) is 0 Å². The topological polar surface area (TPSA) is 4.93 Å². The van der Waals surface area contributed by atoms with Crippen LogP contribution in [0.3, 0.4) is 0 Å². The summed E-state index contributed by atoms with van der Waals surface area (Å²) in [6.07, 6.45) is 4.37. The van der Waals surface area contributed by atoms with E-state index in [1.54, 1.807) is 0 Å². The minimum Gasteiger partial charge on any atom is -0.314 e. The van der Waals surface area contributed by atoms with Gasteiger partial charge >= 0.3 is 0 Å². The summed E-state index contributed by atoms with van der Waals surface area (Å²) >= 11 is 0. The first kappa shape index (κ1) is 16.2. The molecule has 1 heteroatoms. The zero-order chi connectivity index (χ0) is 17.8. The van der Waals surface area contributed by atoms with Crippen molar-refractivity contribution < 1.29 is 0 Å². The quantitative estimate of drug-likeness (QED) is 0.395. The fourth-order valence-electron chi connectivity index (χ4n) is 3.33. The Balaban J connectivity index is 1.85. The predicted molar refractivity (Wildman–Crippen MR) is 111 cm³/mol. The summed E-state index contributed by atoms with van der Waals surface area (Å²) in [6.45, 7) is 2.19. The van der Waals surface area contributed by atoms with Crippen LogP contribution >= 0.6 is 0 Å². The SMILES string of the molecule is Cc1c(-c2ccccc2)cc(/C=C/c2ccccc2)n1-c1ccccc1. The van der Waals surface area contributed by atoms with Crippen molar-refractivity contribution in [3.05, 3.63) is 114 Å². The summed E-state index contributed by atoms with van der Waals surface area (Å²) in [6, 6.07) is 33.8. The average Bonchev–Trinajstić information content (AvgIpc) is 3.05. The molecule has 0 aliphatic rings. The monoisotopic (exact) mass is 335 g/mol. The van der Waals surface area contributed by atoms with Crippen LogP contribution in [0.15, 0.2) is 97.1 Å². The summed E-state index contributed by atoms with van der Waals surface area (Å²) in [7, 11) is 0. The molecule has 0 radical (unpaired) electrons. The second kappa shape index (κ2) is 7.28. The van der Waals surface area contributed by atoms with Gasteiger partial charge in [-0.1, -0.05) is 84.9 Å². The molecule has 0 N–H and O–H groups in total. The van der Waals surface area contributed by atoms with Gasteiger partial charge in [-0.05, 0) is 42.3 Å². The third-order valence-corrected chi connectivity index (χ3v) is 4.62. The molecule has 126 valence electrons. The van der Waals surface area contributed by atoms with Gasteiger partial charge in [-0.3, -0.25) is 0 Å². The van der Waals surface area contributed by atoms with E-state index in [0.29, 0.717) is 0 Å². The molecule has 26 heavy (non-hydrogen) atoms. The van der Waals surface area contributed by atoms with Crippen LogP contribution in [0, 0.1) is 6.92 Å². The summed E-state index contributed by atoms with van der Waals surface area (Å²) in [5.41, 5.74) is 7.31. The van der Waals surface area contributed by atoms with E-state index in [0.717, 1.165) is 0 Å². The van der Waals surface area contributed by atoms with E-state index >= 15 is 0 Å². The van der Waals surface area contributed by atoms with Crippen LogP contribution in [0.1, 0.15) is 17.0 Å². The number of rotatable bonds is 4. The van der Waals surface area contributed by atoms with Crippen LogP contribution in [0.25, 0.3) is 29.0 Å². The van der Waals surface area contributed by atoms with Crippen molar-refractivity contribution >= 4 is 12.2 Å². The Labute approximate surface area is 154 Å². The van der Waals surface area contributed by atoms with Gasteiger partial charge in [0.1, 0.15) is 0 Å². The fourth-order valence-corrected chi connectivity index (χ4v) is 3.33. The first-order valence-electron chi connectivity index (χ1n) is 8.89. The van der Waals surface area contributed by atoms with Crippen LogP contribution in [0.2, 0.25) is 0 Å². The highest BCUT2D eigenvalue weighted by molar-refractivity contribution is 5.76. The molecule has 3 aromatic carbocycles.